The first-order chi connectivity index (χ1) is 8.25. The molecule has 1 aliphatic heterocycles. The second-order valence-corrected chi connectivity index (χ2v) is 5.11. The van der Waals surface area contributed by atoms with Gasteiger partial charge in [-0.05, 0) is 26.2 Å². The van der Waals surface area contributed by atoms with E-state index in [4.69, 9.17) is 4.74 Å². The molecular formula is C11H12N4OS. The molecule has 2 aromatic heterocycles. The summed E-state index contributed by atoms with van der Waals surface area (Å²) >= 11 is 1.56. The van der Waals surface area contributed by atoms with Crippen molar-refractivity contribution in [1.82, 2.24) is 20.1 Å². The van der Waals surface area contributed by atoms with E-state index in [0.29, 0.717) is 0 Å². The summed E-state index contributed by atoms with van der Waals surface area (Å²) in [6.07, 6.45) is 3.76. The first kappa shape index (κ1) is 10.8. The Labute approximate surface area is 103 Å². The summed E-state index contributed by atoms with van der Waals surface area (Å²) in [6, 6.07) is 3.88. The molecular weight excluding hydrogens is 236 g/mol. The summed E-state index contributed by atoms with van der Waals surface area (Å²) in [5.74, 6) is 0. The number of ether oxygens (including phenoxy) is 1. The monoisotopic (exact) mass is 248 g/mol. The highest BCUT2D eigenvalue weighted by Crippen LogP contribution is 2.42. The maximum absolute atomic E-state index is 5.53. The molecule has 1 fully saturated rings. The topological polar surface area (TPSA) is 54.4 Å². The van der Waals surface area contributed by atoms with Crippen molar-refractivity contribution in [3.63, 3.8) is 0 Å². The molecule has 0 amide bonds. The van der Waals surface area contributed by atoms with Crippen LogP contribution in [0, 0.1) is 0 Å². The number of pyridine rings is 1. The molecule has 5 nitrogen and oxygen atoms in total. The summed E-state index contributed by atoms with van der Waals surface area (Å²) in [5, 5.41) is 10.2. The zero-order valence-corrected chi connectivity index (χ0v) is 10.4. The summed E-state index contributed by atoms with van der Waals surface area (Å²) < 4.78 is 5.53. The molecule has 0 N–H and O–H groups in total. The van der Waals surface area contributed by atoms with E-state index in [-0.39, 0.29) is 12.3 Å². The molecule has 1 saturated heterocycles. The third kappa shape index (κ3) is 2.06. The highest BCUT2D eigenvalue weighted by molar-refractivity contribution is 7.14. The van der Waals surface area contributed by atoms with E-state index in [1.165, 1.54) is 0 Å². The molecule has 3 rings (SSSR count). The lowest BCUT2D eigenvalue weighted by atomic mass is 10.3. The maximum atomic E-state index is 5.53. The molecule has 0 radical (unpaired) electrons. The van der Waals surface area contributed by atoms with Crippen molar-refractivity contribution in [3.8, 4) is 10.6 Å². The Morgan fingerprint density at radius 1 is 1.35 bits per heavy atom. The van der Waals surface area contributed by atoms with E-state index >= 15 is 0 Å². The Morgan fingerprint density at radius 3 is 2.88 bits per heavy atom. The second-order valence-electron chi connectivity index (χ2n) is 4.10. The first-order valence-corrected chi connectivity index (χ1v) is 6.13. The van der Waals surface area contributed by atoms with Crippen LogP contribution >= 0.6 is 11.3 Å². The third-order valence-electron chi connectivity index (χ3n) is 2.57. The van der Waals surface area contributed by atoms with Crippen molar-refractivity contribution in [3.05, 3.63) is 29.5 Å². The standard InChI is InChI=1S/C11H12N4OS/c1-15(2)11-8(16-11)10-14-13-9(17-10)7-4-3-5-12-6-7/h3-6,8,11H,1-2H3. The van der Waals surface area contributed by atoms with Gasteiger partial charge in [0.1, 0.15) is 11.2 Å². The summed E-state index contributed by atoms with van der Waals surface area (Å²) in [5.41, 5.74) is 0.998. The van der Waals surface area contributed by atoms with Crippen molar-refractivity contribution < 1.29 is 4.74 Å². The van der Waals surface area contributed by atoms with Crippen molar-refractivity contribution in [2.75, 3.05) is 14.1 Å². The van der Waals surface area contributed by atoms with Crippen LogP contribution in [0.4, 0.5) is 0 Å². The summed E-state index contributed by atoms with van der Waals surface area (Å²) in [6.45, 7) is 0. The molecule has 2 aromatic rings. The lowest BCUT2D eigenvalue weighted by Crippen LogP contribution is -2.15. The van der Waals surface area contributed by atoms with Crippen LogP contribution in [0.3, 0.4) is 0 Å². The predicted molar refractivity (Wildman–Crippen MR) is 64.4 cm³/mol. The van der Waals surface area contributed by atoms with E-state index in [2.05, 4.69) is 15.2 Å². The lowest BCUT2D eigenvalue weighted by Gasteiger charge is -2.01. The molecule has 6 heteroatoms. The quantitative estimate of drug-likeness (QED) is 0.771. The smallest absolute Gasteiger partial charge is 0.153 e. The summed E-state index contributed by atoms with van der Waals surface area (Å²) in [4.78, 5) is 6.11. The van der Waals surface area contributed by atoms with Crippen molar-refractivity contribution in [1.29, 1.82) is 0 Å². The highest BCUT2D eigenvalue weighted by Gasteiger charge is 2.44. The number of hydrogen-bond donors (Lipinski definition) is 0. The average molecular weight is 248 g/mol. The van der Waals surface area contributed by atoms with Crippen LogP contribution in [0.5, 0.6) is 0 Å². The maximum Gasteiger partial charge on any atom is 0.153 e. The Kier molecular flexibility index (Phi) is 2.62. The molecule has 2 atom stereocenters. The molecule has 0 aromatic carbocycles. The van der Waals surface area contributed by atoms with Gasteiger partial charge in [-0.25, -0.2) is 0 Å². The van der Waals surface area contributed by atoms with Gasteiger partial charge in [0.15, 0.2) is 11.1 Å². The van der Waals surface area contributed by atoms with Gasteiger partial charge in [-0.15, -0.1) is 10.2 Å². The number of rotatable bonds is 3. The van der Waals surface area contributed by atoms with Crippen molar-refractivity contribution in [2.45, 2.75) is 12.3 Å². The summed E-state index contributed by atoms with van der Waals surface area (Å²) in [7, 11) is 3.99. The van der Waals surface area contributed by atoms with Crippen LogP contribution in [0.25, 0.3) is 10.6 Å². The van der Waals surface area contributed by atoms with Crippen molar-refractivity contribution >= 4 is 11.3 Å². The molecule has 3 heterocycles. The van der Waals surface area contributed by atoms with Gasteiger partial charge < -0.3 is 4.74 Å². The van der Waals surface area contributed by atoms with E-state index in [1.54, 1.807) is 23.7 Å². The molecule has 0 spiro atoms. The van der Waals surface area contributed by atoms with Crippen LogP contribution in [-0.2, 0) is 4.74 Å². The average Bonchev–Trinajstić information content (AvgIpc) is 3.01. The van der Waals surface area contributed by atoms with Gasteiger partial charge in [0.25, 0.3) is 0 Å². The second kappa shape index (κ2) is 4.14. The van der Waals surface area contributed by atoms with Crippen molar-refractivity contribution in [2.24, 2.45) is 0 Å². The van der Waals surface area contributed by atoms with E-state index in [0.717, 1.165) is 15.6 Å². The van der Waals surface area contributed by atoms with Gasteiger partial charge in [0.2, 0.25) is 0 Å². The minimum absolute atomic E-state index is 0.0768. The Balaban J connectivity index is 1.81. The number of hydrogen-bond acceptors (Lipinski definition) is 6. The Bertz CT molecular complexity index is 513. The van der Waals surface area contributed by atoms with Gasteiger partial charge in [-0.2, -0.15) is 0 Å². The number of aromatic nitrogens is 3. The van der Waals surface area contributed by atoms with Gasteiger partial charge >= 0.3 is 0 Å². The van der Waals surface area contributed by atoms with Gasteiger partial charge in [0.05, 0.1) is 0 Å². The fourth-order valence-electron chi connectivity index (χ4n) is 1.63. The van der Waals surface area contributed by atoms with Crippen LogP contribution < -0.4 is 0 Å². The van der Waals surface area contributed by atoms with Gasteiger partial charge in [-0.3, -0.25) is 9.88 Å². The number of likely N-dealkylation sites (N-methyl/N-ethyl adjacent to an activating group) is 1. The Hall–Kier alpha value is -1.37. The molecule has 2 unspecified atom stereocenters. The normalized spacial score (nSPS) is 23.0. The van der Waals surface area contributed by atoms with Gasteiger partial charge in [0, 0.05) is 18.0 Å². The number of nitrogens with zero attached hydrogens (tertiary/aromatic N) is 4. The molecule has 0 saturated carbocycles. The first-order valence-electron chi connectivity index (χ1n) is 5.31. The van der Waals surface area contributed by atoms with Crippen LogP contribution in [0.15, 0.2) is 24.5 Å². The van der Waals surface area contributed by atoms with E-state index in [9.17, 15) is 0 Å². The molecule has 17 heavy (non-hydrogen) atoms. The van der Waals surface area contributed by atoms with E-state index < -0.39 is 0 Å². The largest absolute Gasteiger partial charge is 0.345 e. The number of epoxide rings is 1. The fourth-order valence-corrected chi connectivity index (χ4v) is 2.52. The predicted octanol–water partition coefficient (Wildman–Crippen LogP) is 1.56. The zero-order chi connectivity index (χ0) is 11.8. The lowest BCUT2D eigenvalue weighted by molar-refractivity contribution is 0.244. The fraction of sp³-hybridized carbons (Fsp3) is 0.364. The molecule has 0 aliphatic carbocycles. The minimum Gasteiger partial charge on any atom is -0.345 e. The zero-order valence-electron chi connectivity index (χ0n) is 9.57. The SMILES string of the molecule is CN(C)C1OC1c1nnc(-c2cccnc2)s1. The highest BCUT2D eigenvalue weighted by atomic mass is 32.1. The molecule has 0 bridgehead atoms. The Morgan fingerprint density at radius 2 is 2.24 bits per heavy atom. The van der Waals surface area contributed by atoms with Crippen LogP contribution in [0.1, 0.15) is 11.1 Å². The molecule has 1 aliphatic rings. The van der Waals surface area contributed by atoms with Gasteiger partial charge in [-0.1, -0.05) is 11.3 Å². The van der Waals surface area contributed by atoms with E-state index in [1.807, 2.05) is 31.1 Å². The van der Waals surface area contributed by atoms with Crippen LogP contribution in [0.2, 0.25) is 0 Å². The van der Waals surface area contributed by atoms with Crippen LogP contribution in [-0.4, -0.2) is 40.4 Å². The third-order valence-corrected chi connectivity index (χ3v) is 3.60. The minimum atomic E-state index is 0.0768. The molecule has 88 valence electrons.